The molecule has 0 unspecified atom stereocenters. The molecule has 2 aromatic heterocycles. The second kappa shape index (κ2) is 6.01. The van der Waals surface area contributed by atoms with Crippen LogP contribution in [0.3, 0.4) is 0 Å². The molecule has 22 heavy (non-hydrogen) atoms. The van der Waals surface area contributed by atoms with Gasteiger partial charge in [-0.3, -0.25) is 4.57 Å². The first kappa shape index (κ1) is 16.4. The molecule has 1 aliphatic carbocycles. The lowest BCUT2D eigenvalue weighted by molar-refractivity contribution is -0.389. The second-order valence-electron chi connectivity index (χ2n) is 5.41. The molecular formula is C12H17ClN6O3. The molecule has 0 atom stereocenters. The first-order valence-corrected chi connectivity index (χ1v) is 6.78. The van der Waals surface area contributed by atoms with Crippen molar-refractivity contribution in [1.82, 2.24) is 19.7 Å². The standard InChI is InChI=1S/C12H16N6O3.ClH/c1-8-14-9(18(19)20)6-17(8)7-10-15-11(16-21-10)12(13)4-2-3-5-12;/h6H,2-5,7,13H2,1H3;1H. The zero-order valence-electron chi connectivity index (χ0n) is 12.1. The van der Waals surface area contributed by atoms with Crippen molar-refractivity contribution in [3.8, 4) is 0 Å². The van der Waals surface area contributed by atoms with E-state index in [9.17, 15) is 10.1 Å². The van der Waals surface area contributed by atoms with Crippen LogP contribution in [0.1, 0.15) is 43.2 Å². The Morgan fingerprint density at radius 2 is 2.14 bits per heavy atom. The fourth-order valence-electron chi connectivity index (χ4n) is 2.64. The second-order valence-corrected chi connectivity index (χ2v) is 5.41. The average molecular weight is 329 g/mol. The Bertz CT molecular complexity index is 676. The molecule has 1 saturated carbocycles. The first-order chi connectivity index (χ1) is 9.98. The zero-order valence-corrected chi connectivity index (χ0v) is 12.9. The quantitative estimate of drug-likeness (QED) is 0.668. The molecule has 0 aliphatic heterocycles. The van der Waals surface area contributed by atoms with Gasteiger partial charge in [0.15, 0.2) is 5.82 Å². The highest BCUT2D eigenvalue weighted by Gasteiger charge is 2.36. The van der Waals surface area contributed by atoms with E-state index in [1.54, 1.807) is 11.5 Å². The van der Waals surface area contributed by atoms with Crippen LogP contribution >= 0.6 is 12.4 Å². The lowest BCUT2D eigenvalue weighted by Crippen LogP contribution is -2.34. The van der Waals surface area contributed by atoms with Crippen molar-refractivity contribution < 1.29 is 9.45 Å². The summed E-state index contributed by atoms with van der Waals surface area (Å²) in [5, 5.41) is 14.7. The number of halogens is 1. The van der Waals surface area contributed by atoms with Crippen molar-refractivity contribution in [3.63, 3.8) is 0 Å². The Balaban J connectivity index is 0.00000176. The summed E-state index contributed by atoms with van der Waals surface area (Å²) < 4.78 is 6.82. The number of rotatable bonds is 4. The highest BCUT2D eigenvalue weighted by atomic mass is 35.5. The molecule has 9 nitrogen and oxygen atoms in total. The Morgan fingerprint density at radius 1 is 1.45 bits per heavy atom. The van der Waals surface area contributed by atoms with Crippen LogP contribution in [0.2, 0.25) is 0 Å². The van der Waals surface area contributed by atoms with Crippen molar-refractivity contribution in [2.24, 2.45) is 5.73 Å². The zero-order chi connectivity index (χ0) is 15.0. The van der Waals surface area contributed by atoms with Gasteiger partial charge in [-0.1, -0.05) is 18.0 Å². The average Bonchev–Trinajstić information content (AvgIpc) is 3.12. The van der Waals surface area contributed by atoms with Crippen molar-refractivity contribution in [2.45, 2.75) is 44.7 Å². The summed E-state index contributed by atoms with van der Waals surface area (Å²) in [7, 11) is 0. The van der Waals surface area contributed by atoms with E-state index < -0.39 is 10.5 Å². The number of hydrogen-bond acceptors (Lipinski definition) is 7. The van der Waals surface area contributed by atoms with Gasteiger partial charge in [0.25, 0.3) is 0 Å². The van der Waals surface area contributed by atoms with Crippen molar-refractivity contribution >= 4 is 18.2 Å². The molecule has 0 spiro atoms. The molecule has 0 saturated heterocycles. The highest BCUT2D eigenvalue weighted by Crippen LogP contribution is 2.34. The molecule has 3 rings (SSSR count). The molecule has 1 fully saturated rings. The van der Waals surface area contributed by atoms with Crippen molar-refractivity contribution in [1.29, 1.82) is 0 Å². The Labute approximate surface area is 132 Å². The summed E-state index contributed by atoms with van der Waals surface area (Å²) in [4.78, 5) is 18.4. The van der Waals surface area contributed by atoms with Crippen molar-refractivity contribution in [2.75, 3.05) is 0 Å². The minimum absolute atomic E-state index is 0. The minimum Gasteiger partial charge on any atom is -0.358 e. The van der Waals surface area contributed by atoms with Crippen LogP contribution in [0.4, 0.5) is 5.82 Å². The van der Waals surface area contributed by atoms with Crippen LogP contribution in [-0.2, 0) is 12.1 Å². The Morgan fingerprint density at radius 3 is 2.73 bits per heavy atom. The third-order valence-corrected chi connectivity index (χ3v) is 3.87. The van der Waals surface area contributed by atoms with Gasteiger partial charge in [-0.05, 0) is 22.7 Å². The van der Waals surface area contributed by atoms with E-state index in [4.69, 9.17) is 10.3 Å². The number of aryl methyl sites for hydroxylation is 1. The van der Waals surface area contributed by atoms with E-state index in [0.717, 1.165) is 25.7 Å². The van der Waals surface area contributed by atoms with Crippen LogP contribution in [0.25, 0.3) is 0 Å². The molecular weight excluding hydrogens is 312 g/mol. The third-order valence-electron chi connectivity index (χ3n) is 3.87. The summed E-state index contributed by atoms with van der Waals surface area (Å²) >= 11 is 0. The van der Waals surface area contributed by atoms with Gasteiger partial charge in [0.05, 0.1) is 5.54 Å². The predicted octanol–water partition coefficient (Wildman–Crippen LogP) is 1.68. The molecule has 2 heterocycles. The lowest BCUT2D eigenvalue weighted by Gasteiger charge is -2.17. The monoisotopic (exact) mass is 328 g/mol. The largest absolute Gasteiger partial charge is 0.381 e. The summed E-state index contributed by atoms with van der Waals surface area (Å²) in [6.45, 7) is 1.93. The van der Waals surface area contributed by atoms with E-state index >= 15 is 0 Å². The fourth-order valence-corrected chi connectivity index (χ4v) is 2.64. The third kappa shape index (κ3) is 2.95. The van der Waals surface area contributed by atoms with Crippen LogP contribution in [-0.4, -0.2) is 24.6 Å². The van der Waals surface area contributed by atoms with E-state index in [0.29, 0.717) is 17.5 Å². The summed E-state index contributed by atoms with van der Waals surface area (Å²) in [6, 6.07) is 0. The summed E-state index contributed by atoms with van der Waals surface area (Å²) in [5.74, 6) is 1.21. The molecule has 0 aromatic carbocycles. The normalized spacial score (nSPS) is 16.5. The smallest absolute Gasteiger partial charge is 0.358 e. The number of nitrogens with zero attached hydrogens (tertiary/aromatic N) is 5. The number of nitrogens with two attached hydrogens (primary N) is 1. The molecule has 1 aliphatic rings. The van der Waals surface area contributed by atoms with Gasteiger partial charge in [-0.2, -0.15) is 4.98 Å². The molecule has 0 amide bonds. The highest BCUT2D eigenvalue weighted by molar-refractivity contribution is 5.85. The van der Waals surface area contributed by atoms with Gasteiger partial charge in [0.2, 0.25) is 11.7 Å². The van der Waals surface area contributed by atoms with Gasteiger partial charge < -0.3 is 20.4 Å². The summed E-state index contributed by atoms with van der Waals surface area (Å²) in [5.41, 5.74) is 5.77. The maximum atomic E-state index is 10.7. The predicted molar refractivity (Wildman–Crippen MR) is 78.6 cm³/mol. The number of aromatic nitrogens is 4. The van der Waals surface area contributed by atoms with E-state index in [2.05, 4.69) is 15.1 Å². The maximum Gasteiger partial charge on any atom is 0.381 e. The Kier molecular flexibility index (Phi) is 4.47. The summed E-state index contributed by atoms with van der Waals surface area (Å²) in [6.07, 6.45) is 5.18. The fraction of sp³-hybridized carbons (Fsp3) is 0.583. The van der Waals surface area contributed by atoms with E-state index in [1.807, 2.05) is 0 Å². The van der Waals surface area contributed by atoms with Gasteiger partial charge >= 0.3 is 5.82 Å². The van der Waals surface area contributed by atoms with Crippen LogP contribution < -0.4 is 5.73 Å². The SMILES string of the molecule is Cc1nc([N+](=O)[O-])cn1Cc1nc(C2(N)CCCC2)no1.Cl. The van der Waals surface area contributed by atoms with E-state index in [-0.39, 0.29) is 24.8 Å². The molecule has 2 N–H and O–H groups in total. The van der Waals surface area contributed by atoms with Crippen LogP contribution in [0.15, 0.2) is 10.7 Å². The van der Waals surface area contributed by atoms with Crippen LogP contribution in [0.5, 0.6) is 0 Å². The number of imidazole rings is 1. The first-order valence-electron chi connectivity index (χ1n) is 6.78. The molecule has 2 aromatic rings. The van der Waals surface area contributed by atoms with Gasteiger partial charge in [-0.15, -0.1) is 12.4 Å². The maximum absolute atomic E-state index is 10.7. The topological polar surface area (TPSA) is 126 Å². The molecule has 0 radical (unpaired) electrons. The number of hydrogen-bond donors (Lipinski definition) is 1. The minimum atomic E-state index is -0.532. The van der Waals surface area contributed by atoms with Crippen LogP contribution in [0, 0.1) is 17.0 Å². The van der Waals surface area contributed by atoms with Gasteiger partial charge in [-0.25, -0.2) is 0 Å². The number of nitro groups is 1. The molecule has 10 heteroatoms. The Hall–Kier alpha value is -2.00. The van der Waals surface area contributed by atoms with Crippen molar-refractivity contribution in [3.05, 3.63) is 33.9 Å². The molecule has 120 valence electrons. The van der Waals surface area contributed by atoms with Gasteiger partial charge in [0, 0.05) is 6.92 Å². The van der Waals surface area contributed by atoms with Gasteiger partial charge in [0.1, 0.15) is 12.7 Å². The lowest BCUT2D eigenvalue weighted by atomic mass is 9.99. The van der Waals surface area contributed by atoms with E-state index in [1.165, 1.54) is 6.20 Å². The molecule has 0 bridgehead atoms.